The van der Waals surface area contributed by atoms with E-state index in [1.807, 2.05) is 62.4 Å². The Morgan fingerprint density at radius 1 is 0.818 bits per heavy atom. The second kappa shape index (κ2) is 11.8. The highest BCUT2D eigenvalue weighted by atomic mass is 16.2. The first kappa shape index (κ1) is 23.9. The number of unbranched alkanes of at least 4 members (excludes halogenated alkanes) is 1. The first-order chi connectivity index (χ1) is 16.0. The van der Waals surface area contributed by atoms with E-state index in [-0.39, 0.29) is 24.1 Å². The Balaban J connectivity index is 1.71. The van der Waals surface area contributed by atoms with Crippen molar-refractivity contribution in [1.29, 1.82) is 0 Å². The van der Waals surface area contributed by atoms with E-state index >= 15 is 0 Å². The van der Waals surface area contributed by atoms with Gasteiger partial charge in [-0.2, -0.15) is 0 Å². The number of ketones is 1. The van der Waals surface area contributed by atoms with Crippen molar-refractivity contribution in [2.45, 2.75) is 39.2 Å². The molecule has 1 unspecified atom stereocenters. The topological polar surface area (TPSA) is 75.3 Å². The summed E-state index contributed by atoms with van der Waals surface area (Å²) in [6.45, 7) is 3.82. The van der Waals surface area contributed by atoms with Crippen molar-refractivity contribution in [1.82, 2.24) is 10.6 Å². The van der Waals surface area contributed by atoms with Gasteiger partial charge in [-0.3, -0.25) is 14.4 Å². The molecule has 0 aliphatic rings. The molecule has 5 heteroatoms. The van der Waals surface area contributed by atoms with Gasteiger partial charge in [0.25, 0.3) is 11.8 Å². The molecule has 0 saturated carbocycles. The van der Waals surface area contributed by atoms with Gasteiger partial charge < -0.3 is 10.6 Å². The van der Waals surface area contributed by atoms with Gasteiger partial charge in [-0.25, -0.2) is 0 Å². The van der Waals surface area contributed by atoms with Gasteiger partial charge in [0.05, 0.1) is 12.6 Å². The molecular formula is C28H30N2O3. The van der Waals surface area contributed by atoms with Gasteiger partial charge in [0.2, 0.25) is 0 Å². The lowest BCUT2D eigenvalue weighted by Gasteiger charge is -2.19. The number of nitrogens with one attached hydrogen (secondary N) is 2. The van der Waals surface area contributed by atoms with Gasteiger partial charge in [-0.05, 0) is 48.2 Å². The van der Waals surface area contributed by atoms with Gasteiger partial charge in [0, 0.05) is 11.1 Å². The summed E-state index contributed by atoms with van der Waals surface area (Å²) in [5, 5.41) is 5.58. The number of hydrogen-bond donors (Lipinski definition) is 2. The normalized spacial score (nSPS) is 11.5. The molecule has 0 fully saturated rings. The molecule has 0 saturated heterocycles. The molecule has 0 heterocycles. The smallest absolute Gasteiger partial charge is 0.252 e. The number of carbonyl (C=O) groups is 3. The van der Waals surface area contributed by atoms with E-state index in [2.05, 4.69) is 10.6 Å². The molecule has 3 aromatic rings. The van der Waals surface area contributed by atoms with Crippen molar-refractivity contribution >= 4 is 17.6 Å². The van der Waals surface area contributed by atoms with E-state index in [1.165, 1.54) is 0 Å². The highest BCUT2D eigenvalue weighted by Gasteiger charge is 2.23. The lowest BCUT2D eigenvalue weighted by atomic mass is 9.95. The lowest BCUT2D eigenvalue weighted by Crippen LogP contribution is -2.45. The van der Waals surface area contributed by atoms with E-state index in [4.69, 9.17) is 0 Å². The second-order valence-corrected chi connectivity index (χ2v) is 8.03. The summed E-state index contributed by atoms with van der Waals surface area (Å²) in [5.74, 6) is -0.803. The van der Waals surface area contributed by atoms with Gasteiger partial charge >= 0.3 is 0 Å². The molecule has 1 atom stereocenters. The molecule has 3 rings (SSSR count). The van der Waals surface area contributed by atoms with Crippen LogP contribution in [0.1, 0.15) is 52.5 Å². The van der Waals surface area contributed by atoms with E-state index in [9.17, 15) is 14.4 Å². The number of amides is 2. The Labute approximate surface area is 195 Å². The molecule has 0 aromatic heterocycles. The standard InChI is InChI=1S/C28H30N2O3/c1-3-4-18-25(26(31)19-29-27(32)22-14-9-6-10-15-22)30-28(33)24-17-11-16-23(20(24)2)21-12-7-5-8-13-21/h5-17,25H,3-4,18-19H2,1-2H3,(H,29,32)(H,30,33). The minimum absolute atomic E-state index is 0.134. The van der Waals surface area contributed by atoms with Crippen LogP contribution < -0.4 is 10.6 Å². The zero-order valence-electron chi connectivity index (χ0n) is 19.1. The van der Waals surface area contributed by atoms with Gasteiger partial charge in [-0.15, -0.1) is 0 Å². The highest BCUT2D eigenvalue weighted by molar-refractivity contribution is 6.02. The monoisotopic (exact) mass is 442 g/mol. The minimum atomic E-state index is -0.659. The fourth-order valence-corrected chi connectivity index (χ4v) is 3.75. The van der Waals surface area contributed by atoms with Crippen molar-refractivity contribution in [3.63, 3.8) is 0 Å². The Bertz CT molecular complexity index is 1090. The van der Waals surface area contributed by atoms with E-state index in [0.29, 0.717) is 17.5 Å². The van der Waals surface area contributed by atoms with Crippen molar-refractivity contribution < 1.29 is 14.4 Å². The van der Waals surface area contributed by atoms with Crippen LogP contribution in [0.25, 0.3) is 11.1 Å². The Kier molecular flexibility index (Phi) is 8.53. The Hall–Kier alpha value is -3.73. The lowest BCUT2D eigenvalue weighted by molar-refractivity contribution is -0.120. The maximum absolute atomic E-state index is 13.1. The molecule has 2 amide bonds. The maximum Gasteiger partial charge on any atom is 0.252 e. The number of hydrogen-bond acceptors (Lipinski definition) is 3. The second-order valence-electron chi connectivity index (χ2n) is 8.03. The summed E-state index contributed by atoms with van der Waals surface area (Å²) in [6, 6.07) is 23.6. The van der Waals surface area contributed by atoms with Crippen LogP contribution in [-0.2, 0) is 4.79 Å². The third-order valence-corrected chi connectivity index (χ3v) is 5.66. The Morgan fingerprint density at radius 2 is 1.48 bits per heavy atom. The third kappa shape index (κ3) is 6.39. The molecule has 0 aliphatic heterocycles. The third-order valence-electron chi connectivity index (χ3n) is 5.66. The summed E-state index contributed by atoms with van der Waals surface area (Å²) >= 11 is 0. The molecule has 0 radical (unpaired) electrons. The predicted octanol–water partition coefficient (Wildman–Crippen LogP) is 4.95. The average Bonchev–Trinajstić information content (AvgIpc) is 2.85. The van der Waals surface area contributed by atoms with Gasteiger partial charge in [0.1, 0.15) is 0 Å². The first-order valence-electron chi connectivity index (χ1n) is 11.3. The van der Waals surface area contributed by atoms with Gasteiger partial charge in [0.15, 0.2) is 5.78 Å². The van der Waals surface area contributed by atoms with Crippen LogP contribution >= 0.6 is 0 Å². The van der Waals surface area contributed by atoms with Crippen LogP contribution in [0.2, 0.25) is 0 Å². The first-order valence-corrected chi connectivity index (χ1v) is 11.3. The zero-order valence-corrected chi connectivity index (χ0v) is 19.1. The van der Waals surface area contributed by atoms with E-state index in [1.54, 1.807) is 30.3 Å². The molecule has 2 N–H and O–H groups in total. The predicted molar refractivity (Wildman–Crippen MR) is 131 cm³/mol. The van der Waals surface area contributed by atoms with Crippen LogP contribution in [0.3, 0.4) is 0 Å². The highest BCUT2D eigenvalue weighted by Crippen LogP contribution is 2.25. The van der Waals surface area contributed by atoms with Crippen LogP contribution in [0, 0.1) is 6.92 Å². The van der Waals surface area contributed by atoms with Crippen LogP contribution in [-0.4, -0.2) is 30.2 Å². The fraction of sp³-hybridized carbons (Fsp3) is 0.250. The maximum atomic E-state index is 13.1. The van der Waals surface area contributed by atoms with E-state index < -0.39 is 6.04 Å². The molecule has 0 bridgehead atoms. The number of benzene rings is 3. The van der Waals surface area contributed by atoms with Gasteiger partial charge in [-0.1, -0.05) is 80.4 Å². The quantitative estimate of drug-likeness (QED) is 0.466. The number of carbonyl (C=O) groups excluding carboxylic acids is 3. The molecule has 5 nitrogen and oxygen atoms in total. The summed E-state index contributed by atoms with van der Waals surface area (Å²) in [6.07, 6.45) is 2.23. The Morgan fingerprint density at radius 3 is 2.15 bits per heavy atom. The number of Topliss-reactive ketones (excluding diaryl/α,β-unsaturated/α-hetero) is 1. The molecule has 3 aromatic carbocycles. The average molecular weight is 443 g/mol. The molecule has 33 heavy (non-hydrogen) atoms. The van der Waals surface area contributed by atoms with Crippen molar-refractivity contribution in [2.75, 3.05) is 6.54 Å². The SMILES string of the molecule is CCCCC(NC(=O)c1cccc(-c2ccccc2)c1C)C(=O)CNC(=O)c1ccccc1. The summed E-state index contributed by atoms with van der Waals surface area (Å²) in [5.41, 5.74) is 3.91. The largest absolute Gasteiger partial charge is 0.345 e. The van der Waals surface area contributed by atoms with Crippen LogP contribution in [0.5, 0.6) is 0 Å². The van der Waals surface area contributed by atoms with Crippen molar-refractivity contribution in [3.8, 4) is 11.1 Å². The molecular weight excluding hydrogens is 412 g/mol. The minimum Gasteiger partial charge on any atom is -0.345 e. The van der Waals surface area contributed by atoms with Crippen molar-refractivity contribution in [3.05, 3.63) is 95.6 Å². The molecule has 0 spiro atoms. The molecule has 0 aliphatic carbocycles. The molecule has 170 valence electrons. The fourth-order valence-electron chi connectivity index (χ4n) is 3.75. The van der Waals surface area contributed by atoms with Crippen molar-refractivity contribution in [2.24, 2.45) is 0 Å². The van der Waals surface area contributed by atoms with E-state index in [0.717, 1.165) is 29.5 Å². The number of rotatable bonds is 10. The van der Waals surface area contributed by atoms with Crippen LogP contribution in [0.4, 0.5) is 0 Å². The summed E-state index contributed by atoms with van der Waals surface area (Å²) in [7, 11) is 0. The summed E-state index contributed by atoms with van der Waals surface area (Å²) < 4.78 is 0. The zero-order chi connectivity index (χ0) is 23.6. The van der Waals surface area contributed by atoms with Crippen LogP contribution in [0.15, 0.2) is 78.9 Å². The summed E-state index contributed by atoms with van der Waals surface area (Å²) in [4.78, 5) is 38.3.